The van der Waals surface area contributed by atoms with Gasteiger partial charge in [-0.3, -0.25) is 9.36 Å². The molecule has 3 aromatic rings. The average molecular weight is 463 g/mol. The van der Waals surface area contributed by atoms with Crippen LogP contribution in [0.15, 0.2) is 51.7 Å². The van der Waals surface area contributed by atoms with Crippen molar-refractivity contribution in [1.82, 2.24) is 15.2 Å². The van der Waals surface area contributed by atoms with Gasteiger partial charge in [-0.1, -0.05) is 30.3 Å². The first kappa shape index (κ1) is 23.7. The lowest BCUT2D eigenvalue weighted by Gasteiger charge is -2.25. The molecule has 1 amide bonds. The van der Waals surface area contributed by atoms with Crippen LogP contribution in [0.3, 0.4) is 0 Å². The summed E-state index contributed by atoms with van der Waals surface area (Å²) in [6.45, 7) is 1.43. The van der Waals surface area contributed by atoms with Gasteiger partial charge in [0.15, 0.2) is 5.58 Å². The van der Waals surface area contributed by atoms with E-state index in [0.29, 0.717) is 18.5 Å². The number of nitrogens with one attached hydrogen (secondary N) is 2. The van der Waals surface area contributed by atoms with Crippen molar-refractivity contribution in [2.24, 2.45) is 13.0 Å². The number of hydrogen-bond donors (Lipinski definition) is 2. The van der Waals surface area contributed by atoms with Crippen LogP contribution < -0.4 is 16.4 Å². The Bertz CT molecular complexity index is 1240. The third-order valence-corrected chi connectivity index (χ3v) is 6.57. The van der Waals surface area contributed by atoms with E-state index in [1.54, 1.807) is 20.2 Å². The number of nitrogens with zero attached hydrogens (tertiary/aromatic N) is 2. The van der Waals surface area contributed by atoms with Gasteiger partial charge in [0.05, 0.1) is 23.6 Å². The molecular weight excluding hydrogens is 432 g/mol. The van der Waals surface area contributed by atoms with Crippen molar-refractivity contribution in [3.8, 4) is 17.2 Å². The number of rotatable bonds is 6. The number of fused-ring (bicyclic) bond motifs is 1. The van der Waals surface area contributed by atoms with Gasteiger partial charge < -0.3 is 19.8 Å². The lowest BCUT2D eigenvalue weighted by atomic mass is 9.95. The van der Waals surface area contributed by atoms with Gasteiger partial charge in [0.25, 0.3) is 0 Å². The number of oxazole rings is 1. The first-order chi connectivity index (χ1) is 16.5. The van der Waals surface area contributed by atoms with Gasteiger partial charge in [-0.2, -0.15) is 5.26 Å². The van der Waals surface area contributed by atoms with Crippen molar-refractivity contribution in [2.75, 3.05) is 20.2 Å². The zero-order chi connectivity index (χ0) is 24.1. The Balaban J connectivity index is 1.40. The van der Waals surface area contributed by atoms with Crippen molar-refractivity contribution >= 4 is 17.0 Å². The molecule has 0 saturated carbocycles. The van der Waals surface area contributed by atoms with E-state index >= 15 is 0 Å². The van der Waals surface area contributed by atoms with E-state index in [0.717, 1.165) is 48.0 Å². The number of nitriles is 1. The zero-order valence-corrected chi connectivity index (χ0v) is 19.5. The number of carbonyl (C=O) groups is 1. The Morgan fingerprint density at radius 1 is 1.24 bits per heavy atom. The van der Waals surface area contributed by atoms with E-state index in [-0.39, 0.29) is 23.7 Å². The number of carbonyl (C=O) groups excluding carboxylic acids is 1. The van der Waals surface area contributed by atoms with Crippen LogP contribution in [-0.4, -0.2) is 42.8 Å². The zero-order valence-electron chi connectivity index (χ0n) is 19.5. The maximum atomic E-state index is 12.8. The Labute approximate surface area is 198 Å². The maximum Gasteiger partial charge on any atom is 0.419 e. The Morgan fingerprint density at radius 2 is 2.00 bits per heavy atom. The predicted molar refractivity (Wildman–Crippen MR) is 129 cm³/mol. The van der Waals surface area contributed by atoms with Crippen molar-refractivity contribution < 1.29 is 13.9 Å². The molecule has 1 fully saturated rings. The number of methoxy groups -OCH3 is 1. The van der Waals surface area contributed by atoms with Crippen molar-refractivity contribution in [3.63, 3.8) is 0 Å². The number of ether oxygens (including phenoxy) is 1. The molecule has 178 valence electrons. The second-order valence-electron chi connectivity index (χ2n) is 8.83. The van der Waals surface area contributed by atoms with Crippen LogP contribution in [0.4, 0.5) is 0 Å². The average Bonchev–Trinajstić information content (AvgIpc) is 3.12. The largest absolute Gasteiger partial charge is 0.419 e. The molecule has 8 heteroatoms. The molecule has 2 N–H and O–H groups in total. The van der Waals surface area contributed by atoms with Crippen LogP contribution >= 0.6 is 0 Å². The molecule has 34 heavy (non-hydrogen) atoms. The minimum atomic E-state index is -0.598. The van der Waals surface area contributed by atoms with Crippen molar-refractivity contribution in [2.45, 2.75) is 37.8 Å². The van der Waals surface area contributed by atoms with E-state index in [9.17, 15) is 14.9 Å². The molecule has 0 aliphatic carbocycles. The summed E-state index contributed by atoms with van der Waals surface area (Å²) in [4.78, 5) is 24.5. The summed E-state index contributed by atoms with van der Waals surface area (Å²) < 4.78 is 12.1. The van der Waals surface area contributed by atoms with Gasteiger partial charge >= 0.3 is 5.76 Å². The highest BCUT2D eigenvalue weighted by Crippen LogP contribution is 2.24. The van der Waals surface area contributed by atoms with E-state index in [1.165, 1.54) is 4.57 Å². The molecule has 1 aliphatic rings. The summed E-state index contributed by atoms with van der Waals surface area (Å²) in [6.07, 6.45) is 3.10. The SMILES string of the molecule is COC1CCNCC(C(=O)NC(C#N)Cc2ccc(-c3ccc4oc(=O)n(C)c4c3)cc2)CC1. The molecule has 0 radical (unpaired) electrons. The van der Waals surface area contributed by atoms with Gasteiger partial charge in [0.1, 0.15) is 6.04 Å². The van der Waals surface area contributed by atoms with Gasteiger partial charge in [-0.15, -0.1) is 0 Å². The molecule has 0 bridgehead atoms. The highest BCUT2D eigenvalue weighted by atomic mass is 16.5. The van der Waals surface area contributed by atoms with Crippen molar-refractivity contribution in [1.29, 1.82) is 5.26 Å². The van der Waals surface area contributed by atoms with Crippen LogP contribution in [-0.2, 0) is 23.0 Å². The Morgan fingerprint density at radius 3 is 2.74 bits per heavy atom. The first-order valence-electron chi connectivity index (χ1n) is 11.6. The predicted octanol–water partition coefficient (Wildman–Crippen LogP) is 2.75. The number of benzene rings is 2. The van der Waals surface area contributed by atoms with Crippen LogP contribution in [0.2, 0.25) is 0 Å². The fourth-order valence-electron chi connectivity index (χ4n) is 4.43. The molecule has 2 heterocycles. The summed E-state index contributed by atoms with van der Waals surface area (Å²) in [5.41, 5.74) is 4.21. The van der Waals surface area contributed by atoms with Crippen LogP contribution in [0.25, 0.3) is 22.2 Å². The molecule has 2 aromatic carbocycles. The van der Waals surface area contributed by atoms with Crippen LogP contribution in [0.5, 0.6) is 0 Å². The molecule has 0 spiro atoms. The normalized spacial score (nSPS) is 19.7. The number of hydrogen-bond acceptors (Lipinski definition) is 6. The van der Waals surface area contributed by atoms with E-state index in [1.807, 2.05) is 36.4 Å². The topological polar surface area (TPSA) is 109 Å². The van der Waals surface area contributed by atoms with Gasteiger partial charge in [-0.25, -0.2) is 4.79 Å². The summed E-state index contributed by atoms with van der Waals surface area (Å²) >= 11 is 0. The quantitative estimate of drug-likeness (QED) is 0.583. The van der Waals surface area contributed by atoms with E-state index in [4.69, 9.17) is 9.15 Å². The van der Waals surface area contributed by atoms with E-state index in [2.05, 4.69) is 16.7 Å². The number of aryl methyl sites for hydroxylation is 1. The standard InChI is InChI=1S/C26H30N4O4/c1-30-23-14-19(8-10-24(23)34-26(30)32)18-5-3-17(4-6-18)13-21(15-27)29-25(31)20-7-9-22(33-2)11-12-28-16-20/h3-6,8,10,14,20-22,28H,7,9,11-13,16H2,1-2H3,(H,29,31). The third kappa shape index (κ3) is 5.38. The van der Waals surface area contributed by atoms with Crippen LogP contribution in [0.1, 0.15) is 24.8 Å². The highest BCUT2D eigenvalue weighted by molar-refractivity contribution is 5.81. The van der Waals surface area contributed by atoms with E-state index < -0.39 is 6.04 Å². The first-order valence-corrected chi connectivity index (χ1v) is 11.6. The fraction of sp³-hybridized carbons (Fsp3) is 0.423. The molecule has 1 saturated heterocycles. The molecule has 3 atom stereocenters. The summed E-state index contributed by atoms with van der Waals surface area (Å²) in [6, 6.07) is 15.1. The molecule has 1 aromatic heterocycles. The fourth-order valence-corrected chi connectivity index (χ4v) is 4.43. The van der Waals surface area contributed by atoms with Crippen molar-refractivity contribution in [3.05, 3.63) is 58.6 Å². The second-order valence-corrected chi connectivity index (χ2v) is 8.83. The lowest BCUT2D eigenvalue weighted by molar-refractivity contribution is -0.125. The highest BCUT2D eigenvalue weighted by Gasteiger charge is 2.24. The van der Waals surface area contributed by atoms with Gasteiger partial charge in [0.2, 0.25) is 5.91 Å². The molecular formula is C26H30N4O4. The minimum Gasteiger partial charge on any atom is -0.408 e. The summed E-state index contributed by atoms with van der Waals surface area (Å²) in [7, 11) is 3.39. The second kappa shape index (κ2) is 10.7. The Kier molecular flexibility index (Phi) is 7.46. The monoisotopic (exact) mass is 462 g/mol. The van der Waals surface area contributed by atoms with Crippen LogP contribution in [0, 0.1) is 17.2 Å². The molecule has 4 rings (SSSR count). The third-order valence-electron chi connectivity index (χ3n) is 6.57. The van der Waals surface area contributed by atoms with Gasteiger partial charge in [0, 0.05) is 27.1 Å². The lowest BCUT2D eigenvalue weighted by Crippen LogP contribution is -2.44. The number of aromatic nitrogens is 1. The minimum absolute atomic E-state index is 0.0912. The number of amides is 1. The maximum absolute atomic E-state index is 12.8. The summed E-state index contributed by atoms with van der Waals surface area (Å²) in [5, 5.41) is 15.9. The molecule has 3 unspecified atom stereocenters. The smallest absolute Gasteiger partial charge is 0.408 e. The molecule has 8 nitrogen and oxygen atoms in total. The molecule has 1 aliphatic heterocycles. The summed E-state index contributed by atoms with van der Waals surface area (Å²) in [5.74, 6) is -0.655. The Hall–Kier alpha value is -3.41. The van der Waals surface area contributed by atoms with Gasteiger partial charge in [-0.05, 0) is 54.6 Å².